The monoisotopic (exact) mass is 284 g/mol. The van der Waals surface area contributed by atoms with Crippen molar-refractivity contribution in [2.45, 2.75) is 26.2 Å². The van der Waals surface area contributed by atoms with Crippen molar-refractivity contribution in [3.63, 3.8) is 0 Å². The van der Waals surface area contributed by atoms with Gasteiger partial charge in [-0.1, -0.05) is 49.4 Å². The molecular weight excluding hydrogens is 264 g/mol. The van der Waals surface area contributed by atoms with E-state index in [1.165, 1.54) is 0 Å². The molecule has 0 spiro atoms. The molecule has 2 aromatic rings. The highest BCUT2D eigenvalue weighted by molar-refractivity contribution is 5.74. The maximum Gasteiger partial charge on any atom is 0.311 e. The normalized spacial score (nSPS) is 11.7. The molecule has 0 aliphatic rings. The summed E-state index contributed by atoms with van der Waals surface area (Å²) in [6.45, 7) is 4.45. The molecule has 2 rings (SSSR count). The molecule has 0 aliphatic carbocycles. The van der Waals surface area contributed by atoms with E-state index in [1.807, 2.05) is 56.3 Å². The van der Waals surface area contributed by atoms with Crippen LogP contribution in [-0.2, 0) is 4.79 Å². The molecule has 1 unspecified atom stereocenters. The van der Waals surface area contributed by atoms with Gasteiger partial charge in [-0.3, -0.25) is 4.79 Å². The average molecular weight is 284 g/mol. The second-order valence-electron chi connectivity index (χ2n) is 4.87. The number of benzene rings is 2. The fourth-order valence-corrected chi connectivity index (χ4v) is 2.12. The van der Waals surface area contributed by atoms with E-state index in [1.54, 1.807) is 12.1 Å². The molecule has 110 valence electrons. The molecule has 3 heteroatoms. The third-order valence-corrected chi connectivity index (χ3v) is 3.21. The summed E-state index contributed by atoms with van der Waals surface area (Å²) < 4.78 is 10.9. The first-order valence-electron chi connectivity index (χ1n) is 7.18. The minimum Gasteiger partial charge on any atom is -0.490 e. The summed E-state index contributed by atoms with van der Waals surface area (Å²) >= 11 is 0. The van der Waals surface area contributed by atoms with Crippen LogP contribution < -0.4 is 9.47 Å². The van der Waals surface area contributed by atoms with Gasteiger partial charge < -0.3 is 9.47 Å². The molecule has 2 aromatic carbocycles. The molecule has 0 heterocycles. The maximum absolute atomic E-state index is 12.1. The van der Waals surface area contributed by atoms with Crippen LogP contribution in [0.3, 0.4) is 0 Å². The maximum atomic E-state index is 12.1. The van der Waals surface area contributed by atoms with Gasteiger partial charge in [-0.15, -0.1) is 0 Å². The summed E-state index contributed by atoms with van der Waals surface area (Å²) in [4.78, 5) is 12.1. The van der Waals surface area contributed by atoms with Gasteiger partial charge in [0.05, 0.1) is 13.0 Å². The molecule has 0 radical (unpaired) electrons. The van der Waals surface area contributed by atoms with Crippen molar-refractivity contribution in [3.8, 4) is 11.5 Å². The Bertz CT molecular complexity index is 578. The van der Waals surface area contributed by atoms with Crippen LogP contribution in [0.25, 0.3) is 0 Å². The van der Waals surface area contributed by atoms with Crippen molar-refractivity contribution in [1.29, 1.82) is 0 Å². The van der Waals surface area contributed by atoms with Gasteiger partial charge in [0.25, 0.3) is 0 Å². The molecule has 3 nitrogen and oxygen atoms in total. The van der Waals surface area contributed by atoms with Crippen molar-refractivity contribution in [2.75, 3.05) is 6.61 Å². The van der Waals surface area contributed by atoms with Gasteiger partial charge in [0.15, 0.2) is 11.5 Å². The van der Waals surface area contributed by atoms with Crippen LogP contribution >= 0.6 is 0 Å². The fourth-order valence-electron chi connectivity index (χ4n) is 2.12. The van der Waals surface area contributed by atoms with Crippen molar-refractivity contribution in [3.05, 3.63) is 60.2 Å². The number of esters is 1. The van der Waals surface area contributed by atoms with Gasteiger partial charge >= 0.3 is 5.97 Å². The lowest BCUT2D eigenvalue weighted by Gasteiger charge is -2.13. The van der Waals surface area contributed by atoms with Crippen molar-refractivity contribution in [2.24, 2.45) is 0 Å². The topological polar surface area (TPSA) is 35.5 Å². The zero-order valence-corrected chi connectivity index (χ0v) is 12.4. The Labute approximate surface area is 125 Å². The van der Waals surface area contributed by atoms with E-state index in [2.05, 4.69) is 0 Å². The molecule has 21 heavy (non-hydrogen) atoms. The smallest absolute Gasteiger partial charge is 0.311 e. The van der Waals surface area contributed by atoms with Crippen LogP contribution in [0.2, 0.25) is 0 Å². The minimum atomic E-state index is -0.251. The van der Waals surface area contributed by atoms with Gasteiger partial charge in [-0.2, -0.15) is 0 Å². The Balaban J connectivity index is 1.99. The van der Waals surface area contributed by atoms with Gasteiger partial charge in [0.2, 0.25) is 0 Å². The number of rotatable bonds is 6. The second kappa shape index (κ2) is 7.48. The average Bonchev–Trinajstić information content (AvgIpc) is 2.50. The van der Waals surface area contributed by atoms with E-state index < -0.39 is 0 Å². The molecule has 0 saturated heterocycles. The predicted molar refractivity (Wildman–Crippen MR) is 82.7 cm³/mol. The number of para-hydroxylation sites is 2. The Morgan fingerprint density at radius 1 is 1.00 bits per heavy atom. The van der Waals surface area contributed by atoms with Crippen molar-refractivity contribution < 1.29 is 14.3 Å². The molecule has 1 atom stereocenters. The molecule has 0 N–H and O–H groups in total. The van der Waals surface area contributed by atoms with Crippen LogP contribution in [0, 0.1) is 0 Å². The van der Waals surface area contributed by atoms with E-state index in [0.717, 1.165) is 5.56 Å². The number of hydrogen-bond acceptors (Lipinski definition) is 3. The summed E-state index contributed by atoms with van der Waals surface area (Å²) in [5.74, 6) is 0.946. The van der Waals surface area contributed by atoms with Crippen LogP contribution in [0.15, 0.2) is 54.6 Å². The minimum absolute atomic E-state index is 0.123. The molecule has 0 saturated carbocycles. The van der Waals surface area contributed by atoms with Crippen molar-refractivity contribution in [1.82, 2.24) is 0 Å². The van der Waals surface area contributed by atoms with Gasteiger partial charge in [-0.25, -0.2) is 0 Å². The number of hydrogen-bond donors (Lipinski definition) is 0. The van der Waals surface area contributed by atoms with Crippen LogP contribution in [0.1, 0.15) is 31.7 Å². The zero-order valence-electron chi connectivity index (χ0n) is 12.4. The molecular formula is C18H20O3. The first kappa shape index (κ1) is 15.1. The standard InChI is InChI=1S/C18H20O3/c1-3-20-16-11-7-8-12-17(16)21-18(19)13-14(2)15-9-5-4-6-10-15/h4-12,14H,3,13H2,1-2H3. The SMILES string of the molecule is CCOc1ccccc1OC(=O)CC(C)c1ccccc1. The summed E-state index contributed by atoms with van der Waals surface area (Å²) in [6, 6.07) is 17.2. The summed E-state index contributed by atoms with van der Waals surface area (Å²) in [7, 11) is 0. The predicted octanol–water partition coefficient (Wildman–Crippen LogP) is 4.18. The van der Waals surface area contributed by atoms with E-state index in [9.17, 15) is 4.79 Å². The van der Waals surface area contributed by atoms with Gasteiger partial charge in [0, 0.05) is 0 Å². The molecule has 0 fully saturated rings. The number of carbonyl (C=O) groups excluding carboxylic acids is 1. The molecule has 0 amide bonds. The van der Waals surface area contributed by atoms with Gasteiger partial charge in [-0.05, 0) is 30.5 Å². The third-order valence-electron chi connectivity index (χ3n) is 3.21. The van der Waals surface area contributed by atoms with E-state index in [4.69, 9.17) is 9.47 Å². The van der Waals surface area contributed by atoms with Crippen LogP contribution in [-0.4, -0.2) is 12.6 Å². The molecule has 0 aliphatic heterocycles. The highest BCUT2D eigenvalue weighted by Gasteiger charge is 2.14. The fraction of sp³-hybridized carbons (Fsp3) is 0.278. The highest BCUT2D eigenvalue weighted by Crippen LogP contribution is 2.28. The summed E-state index contributed by atoms with van der Waals surface area (Å²) in [5.41, 5.74) is 1.13. The first-order chi connectivity index (χ1) is 10.2. The van der Waals surface area contributed by atoms with Gasteiger partial charge in [0.1, 0.15) is 0 Å². The number of ether oxygens (including phenoxy) is 2. The van der Waals surface area contributed by atoms with E-state index in [0.29, 0.717) is 24.5 Å². The first-order valence-corrected chi connectivity index (χ1v) is 7.18. The summed E-state index contributed by atoms with van der Waals surface area (Å²) in [5, 5.41) is 0. The lowest BCUT2D eigenvalue weighted by molar-refractivity contribution is -0.134. The van der Waals surface area contributed by atoms with Crippen molar-refractivity contribution >= 4 is 5.97 Å². The third kappa shape index (κ3) is 4.35. The highest BCUT2D eigenvalue weighted by atomic mass is 16.6. The zero-order chi connectivity index (χ0) is 15.1. The lowest BCUT2D eigenvalue weighted by atomic mass is 9.98. The molecule has 0 aromatic heterocycles. The van der Waals surface area contributed by atoms with Crippen LogP contribution in [0.4, 0.5) is 0 Å². The summed E-state index contributed by atoms with van der Waals surface area (Å²) in [6.07, 6.45) is 0.338. The Hall–Kier alpha value is -2.29. The molecule has 0 bridgehead atoms. The quantitative estimate of drug-likeness (QED) is 0.589. The largest absolute Gasteiger partial charge is 0.490 e. The number of carbonyl (C=O) groups is 1. The Kier molecular flexibility index (Phi) is 5.38. The van der Waals surface area contributed by atoms with E-state index in [-0.39, 0.29) is 11.9 Å². The van der Waals surface area contributed by atoms with E-state index >= 15 is 0 Å². The van der Waals surface area contributed by atoms with Crippen LogP contribution in [0.5, 0.6) is 11.5 Å². The Morgan fingerprint density at radius 2 is 1.62 bits per heavy atom. The second-order valence-corrected chi connectivity index (χ2v) is 4.87. The Morgan fingerprint density at radius 3 is 2.29 bits per heavy atom. The lowest BCUT2D eigenvalue weighted by Crippen LogP contribution is -2.12.